The van der Waals surface area contributed by atoms with Crippen molar-refractivity contribution in [1.29, 1.82) is 0 Å². The number of rotatable bonds is 39. The largest absolute Gasteiger partial charge is 0.469 e. The summed E-state index contributed by atoms with van der Waals surface area (Å²) in [6.07, 6.45) is 38.8. The number of hydrogen-bond acceptors (Lipinski definition) is 9. The summed E-state index contributed by atoms with van der Waals surface area (Å²) in [4.78, 5) is 42.9. The molecular weight excluding hydrogens is 747 g/mol. The first-order valence-corrected chi connectivity index (χ1v) is 23.4. The Balaban J connectivity index is 4.21. The fraction of sp³-hybridized carbons (Fsp3) is 0.733. The first-order chi connectivity index (χ1) is 27.5. The van der Waals surface area contributed by atoms with Gasteiger partial charge in [-0.15, -0.1) is 0 Å². The summed E-state index contributed by atoms with van der Waals surface area (Å²) >= 11 is 0. The fourth-order valence-corrected chi connectivity index (χ4v) is 6.29. The van der Waals surface area contributed by atoms with Crippen molar-refractivity contribution in [3.8, 4) is 0 Å². The zero-order valence-corrected chi connectivity index (χ0v) is 36.2. The normalized spacial score (nSPS) is 14.7. The van der Waals surface area contributed by atoms with Crippen molar-refractivity contribution in [2.75, 3.05) is 13.2 Å². The number of carbonyl (C=O) groups excluding carboxylic acids is 2. The van der Waals surface area contributed by atoms with Crippen LogP contribution in [-0.4, -0.2) is 74.7 Å². The summed E-state index contributed by atoms with van der Waals surface area (Å²) in [7, 11) is -4.86. The predicted molar refractivity (Wildman–Crippen MR) is 229 cm³/mol. The van der Waals surface area contributed by atoms with Gasteiger partial charge in [0, 0.05) is 12.8 Å². The third-order valence-corrected chi connectivity index (χ3v) is 9.86. The van der Waals surface area contributed by atoms with Gasteiger partial charge in [0.15, 0.2) is 6.10 Å². The van der Waals surface area contributed by atoms with E-state index < -0.39 is 57.4 Å². The van der Waals surface area contributed by atoms with Crippen LogP contribution in [0.15, 0.2) is 60.8 Å². The lowest BCUT2D eigenvalue weighted by molar-refractivity contribution is -0.161. The number of ether oxygens (including phenoxy) is 2. The predicted octanol–water partition coefficient (Wildman–Crippen LogP) is 10.2. The molecule has 0 aromatic rings. The number of esters is 2. The van der Waals surface area contributed by atoms with Gasteiger partial charge in [-0.1, -0.05) is 171 Å². The molecule has 4 atom stereocenters. The molecular formula is C45H79O11P. The standard InChI is InChI=1S/C45H79O11P/c1-3-5-7-8-9-10-11-12-13-14-15-16-17-18-19-20-21-26-30-36-44(49)54-38-41(39-55-57(51,52)53)56-45(50)37-31-35-43(48)42(47)34-29-25-23-22-24-28-33-40(46)32-27-6-4-2/h12-13,22-25,28-29,33-34,40-43,46-48H,3-11,14-21,26-27,30-32,35-39H2,1-2H3,(H2,51,52,53)/b13-12-,24-22-,25-23+,33-28+,34-29+/t40-,41+,42-,43-/m0/s1. The molecule has 0 aromatic carbocycles. The van der Waals surface area contributed by atoms with Gasteiger partial charge < -0.3 is 34.6 Å². The van der Waals surface area contributed by atoms with Crippen LogP contribution in [0.5, 0.6) is 0 Å². The summed E-state index contributed by atoms with van der Waals surface area (Å²) in [5, 5.41) is 30.3. The Kier molecular flexibility index (Phi) is 37.5. The average Bonchev–Trinajstić information content (AvgIpc) is 3.17. The minimum Gasteiger partial charge on any atom is -0.462 e. The third-order valence-electron chi connectivity index (χ3n) is 9.38. The van der Waals surface area contributed by atoms with Gasteiger partial charge in [0.1, 0.15) is 6.61 Å². The van der Waals surface area contributed by atoms with E-state index >= 15 is 0 Å². The van der Waals surface area contributed by atoms with Gasteiger partial charge >= 0.3 is 19.8 Å². The molecule has 12 heteroatoms. The van der Waals surface area contributed by atoms with Gasteiger partial charge in [-0.3, -0.25) is 14.1 Å². The molecule has 0 amide bonds. The summed E-state index contributed by atoms with van der Waals surface area (Å²) in [5.74, 6) is -1.22. The molecule has 0 radical (unpaired) electrons. The van der Waals surface area contributed by atoms with Crippen LogP contribution >= 0.6 is 7.82 Å². The second-order valence-corrected chi connectivity index (χ2v) is 16.1. The second-order valence-electron chi connectivity index (χ2n) is 14.9. The van der Waals surface area contributed by atoms with E-state index in [-0.39, 0.29) is 25.7 Å². The second kappa shape index (κ2) is 39.1. The summed E-state index contributed by atoms with van der Waals surface area (Å²) in [6, 6.07) is 0. The molecule has 330 valence electrons. The molecule has 0 aliphatic carbocycles. The highest BCUT2D eigenvalue weighted by Crippen LogP contribution is 2.36. The van der Waals surface area contributed by atoms with E-state index in [1.807, 2.05) is 0 Å². The lowest BCUT2D eigenvalue weighted by Gasteiger charge is -2.19. The van der Waals surface area contributed by atoms with Crippen LogP contribution in [0.1, 0.15) is 174 Å². The first-order valence-electron chi connectivity index (χ1n) is 21.9. The number of phosphoric acid groups is 1. The Morgan fingerprint density at radius 3 is 1.63 bits per heavy atom. The van der Waals surface area contributed by atoms with Crippen LogP contribution in [-0.2, 0) is 28.2 Å². The molecule has 0 saturated carbocycles. The Morgan fingerprint density at radius 2 is 1.05 bits per heavy atom. The van der Waals surface area contributed by atoms with Crippen molar-refractivity contribution < 1.29 is 53.3 Å². The van der Waals surface area contributed by atoms with Gasteiger partial charge in [0.05, 0.1) is 24.9 Å². The van der Waals surface area contributed by atoms with Gasteiger partial charge in [-0.25, -0.2) is 4.57 Å². The molecule has 0 rings (SSSR count). The summed E-state index contributed by atoms with van der Waals surface area (Å²) in [6.45, 7) is 3.29. The monoisotopic (exact) mass is 827 g/mol. The minimum atomic E-state index is -4.86. The van der Waals surface area contributed by atoms with Crippen molar-refractivity contribution in [2.45, 2.75) is 199 Å². The molecule has 0 bridgehead atoms. The van der Waals surface area contributed by atoms with Crippen molar-refractivity contribution >= 4 is 19.8 Å². The Hall–Kier alpha value is -2.37. The molecule has 0 aromatic heterocycles. The van der Waals surface area contributed by atoms with Crippen molar-refractivity contribution in [3.05, 3.63) is 60.8 Å². The van der Waals surface area contributed by atoms with Crippen molar-refractivity contribution in [1.82, 2.24) is 0 Å². The molecule has 5 N–H and O–H groups in total. The lowest BCUT2D eigenvalue weighted by Crippen LogP contribution is -2.29. The molecule has 0 aliphatic heterocycles. The van der Waals surface area contributed by atoms with Crippen molar-refractivity contribution in [2.24, 2.45) is 0 Å². The third kappa shape index (κ3) is 40.2. The van der Waals surface area contributed by atoms with Gasteiger partial charge in [-0.05, 0) is 51.4 Å². The summed E-state index contributed by atoms with van der Waals surface area (Å²) in [5.41, 5.74) is 0. The zero-order chi connectivity index (χ0) is 42.2. The first kappa shape index (κ1) is 54.6. The van der Waals surface area contributed by atoms with Crippen LogP contribution in [0.4, 0.5) is 0 Å². The number of hydrogen-bond donors (Lipinski definition) is 5. The number of aliphatic hydroxyl groups excluding tert-OH is 3. The molecule has 0 heterocycles. The highest BCUT2D eigenvalue weighted by molar-refractivity contribution is 7.46. The average molecular weight is 827 g/mol. The highest BCUT2D eigenvalue weighted by Gasteiger charge is 2.23. The van der Waals surface area contributed by atoms with Crippen LogP contribution < -0.4 is 0 Å². The van der Waals surface area contributed by atoms with Crippen LogP contribution in [0.3, 0.4) is 0 Å². The Morgan fingerprint density at radius 1 is 0.561 bits per heavy atom. The maximum Gasteiger partial charge on any atom is 0.469 e. The Labute approximate surface area is 345 Å². The SMILES string of the molecule is CCCCCCCC/C=C\CCCCCCCCCCCC(=O)OC[C@H](COP(=O)(O)O)OC(=O)CCC[C@H](O)[C@@H](O)/C=C/C=C/C=C\C=C\[C@@H](O)CCCCC. The van der Waals surface area contributed by atoms with Gasteiger partial charge in [0.2, 0.25) is 0 Å². The maximum atomic E-state index is 12.4. The van der Waals surface area contributed by atoms with Crippen LogP contribution in [0, 0.1) is 0 Å². The van der Waals surface area contributed by atoms with E-state index in [0.717, 1.165) is 44.9 Å². The Bertz CT molecular complexity index is 1160. The molecule has 0 saturated heterocycles. The molecule has 0 fully saturated rings. The van der Waals surface area contributed by atoms with E-state index in [0.29, 0.717) is 6.42 Å². The van der Waals surface area contributed by atoms with Crippen LogP contribution in [0.25, 0.3) is 0 Å². The zero-order valence-electron chi connectivity index (χ0n) is 35.3. The van der Waals surface area contributed by atoms with E-state index in [1.165, 1.54) is 89.5 Å². The number of carbonyl (C=O) groups is 2. The molecule has 57 heavy (non-hydrogen) atoms. The molecule has 0 aliphatic rings. The molecule has 11 nitrogen and oxygen atoms in total. The highest BCUT2D eigenvalue weighted by atomic mass is 31.2. The van der Waals surface area contributed by atoms with Crippen LogP contribution in [0.2, 0.25) is 0 Å². The van der Waals surface area contributed by atoms with E-state index in [4.69, 9.17) is 19.3 Å². The van der Waals surface area contributed by atoms with Crippen molar-refractivity contribution in [3.63, 3.8) is 0 Å². The number of aliphatic hydroxyl groups is 3. The van der Waals surface area contributed by atoms with Gasteiger partial charge in [0.25, 0.3) is 0 Å². The minimum absolute atomic E-state index is 0.0888. The van der Waals surface area contributed by atoms with E-state index in [9.17, 15) is 29.5 Å². The number of unbranched alkanes of at least 4 members (excludes halogenated alkanes) is 17. The van der Waals surface area contributed by atoms with Gasteiger partial charge in [-0.2, -0.15) is 0 Å². The maximum absolute atomic E-state index is 12.4. The van der Waals surface area contributed by atoms with E-state index in [2.05, 4.69) is 30.5 Å². The quantitative estimate of drug-likeness (QED) is 0.0131. The molecule has 0 unspecified atom stereocenters. The topological polar surface area (TPSA) is 180 Å². The fourth-order valence-electron chi connectivity index (χ4n) is 5.93. The lowest BCUT2D eigenvalue weighted by atomic mass is 10.1. The molecule has 0 spiro atoms. The smallest absolute Gasteiger partial charge is 0.462 e. The summed E-state index contributed by atoms with van der Waals surface area (Å²) < 4.78 is 26.2. The number of phosphoric ester groups is 1. The van der Waals surface area contributed by atoms with E-state index in [1.54, 1.807) is 42.5 Å². The number of allylic oxidation sites excluding steroid dienone is 8.